The number of primary amides is 2. The zero-order chi connectivity index (χ0) is 18.3. The highest BCUT2D eigenvalue weighted by molar-refractivity contribution is 5.96. The van der Waals surface area contributed by atoms with E-state index in [-0.39, 0.29) is 24.6 Å². The maximum atomic E-state index is 14.1. The van der Waals surface area contributed by atoms with Crippen LogP contribution in [0.2, 0.25) is 0 Å². The molecule has 1 rings (SSSR count). The highest BCUT2D eigenvalue weighted by atomic mass is 19.1. The first-order valence-electron chi connectivity index (χ1n) is 6.45. The van der Waals surface area contributed by atoms with Crippen LogP contribution in [0.3, 0.4) is 0 Å². The number of hydrogen-bond acceptors (Lipinski definition) is 7. The van der Waals surface area contributed by atoms with Crippen molar-refractivity contribution in [2.24, 2.45) is 11.5 Å². The van der Waals surface area contributed by atoms with Crippen molar-refractivity contribution in [3.63, 3.8) is 0 Å². The number of nitro groups is 1. The molecule has 0 fully saturated rings. The summed E-state index contributed by atoms with van der Waals surface area (Å²) in [5.74, 6) is -2.65. The van der Waals surface area contributed by atoms with Gasteiger partial charge in [-0.15, -0.1) is 0 Å². The Morgan fingerprint density at radius 1 is 1.42 bits per heavy atom. The first kappa shape index (κ1) is 18.7. The summed E-state index contributed by atoms with van der Waals surface area (Å²) >= 11 is 0. The topological polar surface area (TPSA) is 160 Å². The van der Waals surface area contributed by atoms with Gasteiger partial charge >= 0.3 is 11.8 Å². The van der Waals surface area contributed by atoms with Crippen molar-refractivity contribution >= 4 is 23.4 Å². The summed E-state index contributed by atoms with van der Waals surface area (Å²) < 4.78 is 23.5. The number of carbonyl (C=O) groups is 2. The van der Waals surface area contributed by atoms with Crippen molar-refractivity contribution in [1.82, 2.24) is 0 Å². The van der Waals surface area contributed by atoms with Crippen molar-refractivity contribution in [1.29, 1.82) is 0 Å². The highest BCUT2D eigenvalue weighted by Gasteiger charge is 2.29. The number of nitrogens with zero attached hydrogens (tertiary/aromatic N) is 1. The van der Waals surface area contributed by atoms with Gasteiger partial charge in [0, 0.05) is 6.54 Å². The van der Waals surface area contributed by atoms with Crippen molar-refractivity contribution in [3.05, 3.63) is 39.7 Å². The number of benzene rings is 1. The van der Waals surface area contributed by atoms with Crippen LogP contribution < -0.4 is 21.5 Å². The van der Waals surface area contributed by atoms with Crippen LogP contribution in [0.25, 0.3) is 0 Å². The number of amides is 2. The summed E-state index contributed by atoms with van der Waals surface area (Å²) in [5, 5.41) is 13.7. The molecule has 0 radical (unpaired) electrons. The molecule has 0 heterocycles. The van der Waals surface area contributed by atoms with Gasteiger partial charge in [-0.25, -0.2) is 4.79 Å². The second-order valence-electron chi connectivity index (χ2n) is 4.27. The number of carbonyl (C=O) groups excluding carboxylic acids is 2. The van der Waals surface area contributed by atoms with E-state index in [1.165, 1.54) is 19.3 Å². The van der Waals surface area contributed by atoms with Crippen molar-refractivity contribution in [2.75, 3.05) is 25.6 Å². The molecule has 0 bridgehead atoms. The average molecular weight is 342 g/mol. The Hall–Kier alpha value is -3.37. The van der Waals surface area contributed by atoms with Gasteiger partial charge in [0.1, 0.15) is 12.4 Å². The minimum absolute atomic E-state index is 0.0225. The van der Waals surface area contributed by atoms with E-state index in [2.05, 4.69) is 10.1 Å². The molecule has 0 aromatic heterocycles. The van der Waals surface area contributed by atoms with Gasteiger partial charge in [0.25, 0.3) is 5.91 Å². The van der Waals surface area contributed by atoms with E-state index in [9.17, 15) is 24.1 Å². The molecule has 1 aromatic rings. The SMILES string of the molecule is COc1cc(C(N)=O)c(F)c([N+](=O)[O-])c1NCC=CCOC(N)=O. The van der Waals surface area contributed by atoms with E-state index < -0.39 is 34.0 Å². The monoisotopic (exact) mass is 342 g/mol. The fraction of sp³-hybridized carbons (Fsp3) is 0.231. The van der Waals surface area contributed by atoms with Crippen molar-refractivity contribution in [3.8, 4) is 5.75 Å². The minimum atomic E-state index is -1.36. The lowest BCUT2D eigenvalue weighted by Crippen LogP contribution is -2.16. The summed E-state index contributed by atoms with van der Waals surface area (Å²) in [6, 6.07) is 0.965. The molecule has 0 saturated heterocycles. The predicted molar refractivity (Wildman–Crippen MR) is 81.3 cm³/mol. The van der Waals surface area contributed by atoms with Gasteiger partial charge in [-0.3, -0.25) is 14.9 Å². The Morgan fingerprint density at radius 2 is 2.08 bits per heavy atom. The van der Waals surface area contributed by atoms with E-state index in [4.69, 9.17) is 16.2 Å². The van der Waals surface area contributed by atoms with Crippen LogP contribution in [0.4, 0.5) is 20.6 Å². The lowest BCUT2D eigenvalue weighted by Gasteiger charge is -2.12. The van der Waals surface area contributed by atoms with Gasteiger partial charge in [-0.2, -0.15) is 4.39 Å². The standard InChI is InChI=1S/C13H15FN4O6/c1-23-8-6-7(12(15)19)9(14)11(18(21)22)10(8)17-4-2-3-5-24-13(16)20/h2-3,6,17H,4-5H2,1H3,(H2,15,19)(H2,16,20). The van der Waals surface area contributed by atoms with Crippen LogP contribution in [-0.2, 0) is 4.74 Å². The molecular formula is C13H15FN4O6. The number of halogens is 1. The lowest BCUT2D eigenvalue weighted by atomic mass is 10.1. The van der Waals surface area contributed by atoms with Gasteiger partial charge < -0.3 is 26.3 Å². The van der Waals surface area contributed by atoms with Gasteiger partial charge in [0.2, 0.25) is 5.82 Å². The summed E-state index contributed by atoms with van der Waals surface area (Å²) in [7, 11) is 1.20. The minimum Gasteiger partial charge on any atom is -0.494 e. The quantitative estimate of drug-likeness (QED) is 0.359. The number of anilines is 1. The summed E-state index contributed by atoms with van der Waals surface area (Å²) in [4.78, 5) is 31.7. The molecule has 0 aliphatic heterocycles. The first-order valence-corrected chi connectivity index (χ1v) is 6.45. The molecule has 5 N–H and O–H groups in total. The number of rotatable bonds is 8. The van der Waals surface area contributed by atoms with Gasteiger partial charge in [-0.05, 0) is 12.1 Å². The first-order chi connectivity index (χ1) is 11.3. The highest BCUT2D eigenvalue weighted by Crippen LogP contribution is 2.38. The smallest absolute Gasteiger partial charge is 0.404 e. The molecule has 0 spiro atoms. The third kappa shape index (κ3) is 4.56. The Balaban J connectivity index is 3.08. The normalized spacial score (nSPS) is 10.4. The molecule has 0 unspecified atom stereocenters. The second-order valence-corrected chi connectivity index (χ2v) is 4.27. The number of nitrogens with two attached hydrogens (primary N) is 2. The second kappa shape index (κ2) is 8.31. The van der Waals surface area contributed by atoms with Crippen LogP contribution in [0.15, 0.2) is 18.2 Å². The van der Waals surface area contributed by atoms with E-state index in [0.717, 1.165) is 6.07 Å². The van der Waals surface area contributed by atoms with Crippen LogP contribution in [0.1, 0.15) is 10.4 Å². The number of nitro benzene ring substituents is 1. The molecule has 2 amide bonds. The third-order valence-electron chi connectivity index (χ3n) is 2.76. The van der Waals surface area contributed by atoms with Crippen LogP contribution in [-0.4, -0.2) is 37.2 Å². The molecule has 130 valence electrons. The maximum Gasteiger partial charge on any atom is 0.404 e. The molecule has 10 nitrogen and oxygen atoms in total. The molecule has 24 heavy (non-hydrogen) atoms. The number of ether oxygens (including phenoxy) is 2. The Bertz CT molecular complexity index is 692. The third-order valence-corrected chi connectivity index (χ3v) is 2.76. The molecule has 0 aliphatic carbocycles. The van der Waals surface area contributed by atoms with Gasteiger partial charge in [-0.1, -0.05) is 6.08 Å². The predicted octanol–water partition coefficient (Wildman–Crippen LogP) is 0.905. The lowest BCUT2D eigenvalue weighted by molar-refractivity contribution is -0.386. The van der Waals surface area contributed by atoms with Gasteiger partial charge in [0.15, 0.2) is 5.69 Å². The van der Waals surface area contributed by atoms with E-state index in [1.54, 1.807) is 0 Å². The Kier molecular flexibility index (Phi) is 6.47. The van der Waals surface area contributed by atoms with E-state index in [0.29, 0.717) is 0 Å². The van der Waals surface area contributed by atoms with Crippen LogP contribution >= 0.6 is 0 Å². The van der Waals surface area contributed by atoms with Crippen LogP contribution in [0, 0.1) is 15.9 Å². The summed E-state index contributed by atoms with van der Waals surface area (Å²) in [6.45, 7) is -0.0695. The zero-order valence-corrected chi connectivity index (χ0v) is 12.6. The molecule has 11 heteroatoms. The zero-order valence-electron chi connectivity index (χ0n) is 12.6. The molecule has 0 saturated carbocycles. The maximum absolute atomic E-state index is 14.1. The van der Waals surface area contributed by atoms with E-state index in [1.807, 2.05) is 0 Å². The number of hydrogen-bond donors (Lipinski definition) is 3. The van der Waals surface area contributed by atoms with Crippen molar-refractivity contribution < 1.29 is 28.4 Å². The Labute approximate surface area is 135 Å². The fourth-order valence-corrected chi connectivity index (χ4v) is 1.75. The largest absolute Gasteiger partial charge is 0.494 e. The molecule has 1 aromatic carbocycles. The summed E-state index contributed by atoms with van der Waals surface area (Å²) in [5.41, 5.74) is 7.87. The van der Waals surface area contributed by atoms with Crippen LogP contribution in [0.5, 0.6) is 5.75 Å². The number of nitrogens with one attached hydrogen (secondary N) is 1. The molecule has 0 atom stereocenters. The fourth-order valence-electron chi connectivity index (χ4n) is 1.75. The van der Waals surface area contributed by atoms with E-state index >= 15 is 0 Å². The average Bonchev–Trinajstić information content (AvgIpc) is 2.49. The molecule has 0 aliphatic rings. The molecular weight excluding hydrogens is 327 g/mol. The van der Waals surface area contributed by atoms with Crippen molar-refractivity contribution in [2.45, 2.75) is 0 Å². The Morgan fingerprint density at radius 3 is 2.58 bits per heavy atom. The van der Waals surface area contributed by atoms with Gasteiger partial charge in [0.05, 0.1) is 17.6 Å². The summed E-state index contributed by atoms with van der Waals surface area (Å²) in [6.07, 6.45) is 1.94. The number of methoxy groups -OCH3 is 1.